The molecule has 1 aliphatic heterocycles. The molecule has 0 amide bonds. The molecule has 0 spiro atoms. The number of ether oxygens (including phenoxy) is 1. The lowest BCUT2D eigenvalue weighted by Gasteiger charge is -2.35. The second-order valence-corrected chi connectivity index (χ2v) is 8.59. The van der Waals surface area contributed by atoms with E-state index in [1.165, 1.54) is 17.0 Å². The molecule has 1 aliphatic rings. The van der Waals surface area contributed by atoms with Gasteiger partial charge in [0.2, 0.25) is 0 Å². The van der Waals surface area contributed by atoms with Gasteiger partial charge in [-0.3, -0.25) is 5.41 Å². The first-order chi connectivity index (χ1) is 14.4. The Balaban J connectivity index is 1.83. The Morgan fingerprint density at radius 1 is 1.37 bits per heavy atom. The molecule has 0 bridgehead atoms. The Hall–Kier alpha value is -2.03. The highest BCUT2D eigenvalue weighted by atomic mass is 32.1. The first kappa shape index (κ1) is 22.7. The van der Waals surface area contributed by atoms with Crippen LogP contribution in [0.15, 0.2) is 24.3 Å². The summed E-state index contributed by atoms with van der Waals surface area (Å²) in [6.07, 6.45) is -0.678. The molecule has 3 N–H and O–H groups in total. The standard InChI is InChI=1S/C22H30F2N4OS/c1-4-18-14(2)19(21(25)28-11-10-26-17(13-28)9-12-29-3)22(30-18)27-16-7-5-15(6-8-16)20(23)24/h5-8,17,20,25-27H,4,9-13H2,1-3H3/t17-/m0/s1. The van der Waals surface area contributed by atoms with Crippen molar-refractivity contribution in [1.82, 2.24) is 10.2 Å². The maximum atomic E-state index is 12.8. The predicted octanol–water partition coefficient (Wildman–Crippen LogP) is 4.94. The highest BCUT2D eigenvalue weighted by Crippen LogP contribution is 2.36. The molecular weight excluding hydrogens is 406 g/mol. The number of methoxy groups -OCH3 is 1. The van der Waals surface area contributed by atoms with E-state index in [1.54, 1.807) is 30.6 Å². The molecule has 1 fully saturated rings. The van der Waals surface area contributed by atoms with Gasteiger partial charge in [-0.25, -0.2) is 8.78 Å². The number of nitrogens with zero attached hydrogens (tertiary/aromatic N) is 1. The molecule has 1 aromatic heterocycles. The van der Waals surface area contributed by atoms with E-state index in [4.69, 9.17) is 10.1 Å². The Morgan fingerprint density at radius 3 is 2.73 bits per heavy atom. The fourth-order valence-electron chi connectivity index (χ4n) is 3.75. The van der Waals surface area contributed by atoms with E-state index in [0.29, 0.717) is 18.5 Å². The molecular formula is C22H30F2N4OS. The largest absolute Gasteiger partial charge is 0.385 e. The van der Waals surface area contributed by atoms with Crippen molar-refractivity contribution in [2.24, 2.45) is 0 Å². The van der Waals surface area contributed by atoms with Gasteiger partial charge in [0.05, 0.1) is 5.56 Å². The monoisotopic (exact) mass is 436 g/mol. The van der Waals surface area contributed by atoms with Gasteiger partial charge >= 0.3 is 0 Å². The smallest absolute Gasteiger partial charge is 0.263 e. The number of benzene rings is 1. The van der Waals surface area contributed by atoms with Crippen LogP contribution < -0.4 is 10.6 Å². The van der Waals surface area contributed by atoms with Crippen LogP contribution in [0.4, 0.5) is 19.5 Å². The quantitative estimate of drug-likeness (QED) is 0.405. The van der Waals surface area contributed by atoms with Gasteiger partial charge in [0, 0.05) is 55.5 Å². The summed E-state index contributed by atoms with van der Waals surface area (Å²) >= 11 is 1.64. The molecule has 3 rings (SSSR count). The zero-order valence-corrected chi connectivity index (χ0v) is 18.5. The molecule has 1 saturated heterocycles. The summed E-state index contributed by atoms with van der Waals surface area (Å²) in [6.45, 7) is 7.24. The van der Waals surface area contributed by atoms with Crippen molar-refractivity contribution in [3.63, 3.8) is 0 Å². The van der Waals surface area contributed by atoms with E-state index < -0.39 is 6.43 Å². The average molecular weight is 437 g/mol. The number of thiophene rings is 1. The van der Waals surface area contributed by atoms with Crippen LogP contribution >= 0.6 is 11.3 Å². The number of aryl methyl sites for hydroxylation is 1. The number of halogens is 2. The zero-order valence-electron chi connectivity index (χ0n) is 17.7. The topological polar surface area (TPSA) is 60.4 Å². The molecule has 0 aliphatic carbocycles. The Labute approximate surface area is 180 Å². The summed E-state index contributed by atoms with van der Waals surface area (Å²) < 4.78 is 30.9. The minimum atomic E-state index is -2.47. The van der Waals surface area contributed by atoms with Crippen molar-refractivity contribution >= 4 is 27.9 Å². The summed E-state index contributed by atoms with van der Waals surface area (Å²) in [6, 6.07) is 6.51. The second-order valence-electron chi connectivity index (χ2n) is 7.48. The number of piperazine rings is 1. The van der Waals surface area contributed by atoms with Gasteiger partial charge in [-0.15, -0.1) is 11.3 Å². The van der Waals surface area contributed by atoms with E-state index in [-0.39, 0.29) is 5.56 Å². The Kier molecular flexibility index (Phi) is 7.80. The fraction of sp³-hybridized carbons (Fsp3) is 0.500. The number of anilines is 2. The first-order valence-electron chi connectivity index (χ1n) is 10.3. The molecule has 164 valence electrons. The van der Waals surface area contributed by atoms with Gasteiger partial charge in [0.25, 0.3) is 6.43 Å². The third kappa shape index (κ3) is 5.17. The number of hydrogen-bond acceptors (Lipinski definition) is 5. The number of rotatable bonds is 8. The summed E-state index contributed by atoms with van der Waals surface area (Å²) in [5, 5.41) is 16.7. The summed E-state index contributed by atoms with van der Waals surface area (Å²) in [4.78, 5) is 3.35. The number of hydrogen-bond donors (Lipinski definition) is 3. The molecule has 1 atom stereocenters. The van der Waals surface area contributed by atoms with Crippen LogP contribution in [0, 0.1) is 12.3 Å². The first-order valence-corrected chi connectivity index (χ1v) is 11.1. The highest BCUT2D eigenvalue weighted by molar-refractivity contribution is 7.16. The molecule has 5 nitrogen and oxygen atoms in total. The Bertz CT molecular complexity index is 854. The van der Waals surface area contributed by atoms with Gasteiger partial charge in [-0.2, -0.15) is 0 Å². The number of nitrogens with one attached hydrogen (secondary N) is 3. The molecule has 2 heterocycles. The van der Waals surface area contributed by atoms with Gasteiger partial charge in [0.1, 0.15) is 10.8 Å². The fourth-order valence-corrected chi connectivity index (χ4v) is 4.92. The summed E-state index contributed by atoms with van der Waals surface area (Å²) in [5.74, 6) is 0.513. The van der Waals surface area contributed by atoms with E-state index >= 15 is 0 Å². The molecule has 0 radical (unpaired) electrons. The SMILES string of the molecule is CCc1sc(Nc2ccc(C(F)F)cc2)c(C(=N)N2CCN[C@@H](CCOC)C2)c1C. The molecule has 1 aromatic carbocycles. The molecule has 0 saturated carbocycles. The van der Waals surface area contributed by atoms with Crippen molar-refractivity contribution in [3.8, 4) is 0 Å². The lowest BCUT2D eigenvalue weighted by Crippen LogP contribution is -2.53. The molecule has 0 unspecified atom stereocenters. The van der Waals surface area contributed by atoms with Crippen LogP contribution in [0.2, 0.25) is 0 Å². The van der Waals surface area contributed by atoms with Crippen LogP contribution in [-0.2, 0) is 11.2 Å². The minimum absolute atomic E-state index is 0.00745. The van der Waals surface area contributed by atoms with Gasteiger partial charge in [-0.05, 0) is 37.5 Å². The van der Waals surface area contributed by atoms with Gasteiger partial charge < -0.3 is 20.3 Å². The van der Waals surface area contributed by atoms with Crippen LogP contribution in [-0.4, -0.2) is 50.1 Å². The van der Waals surface area contributed by atoms with Crippen molar-refractivity contribution in [2.75, 3.05) is 38.7 Å². The predicted molar refractivity (Wildman–Crippen MR) is 120 cm³/mol. The molecule has 8 heteroatoms. The lowest BCUT2D eigenvalue weighted by molar-refractivity contribution is 0.151. The van der Waals surface area contributed by atoms with Crippen molar-refractivity contribution in [3.05, 3.63) is 45.8 Å². The molecule has 2 aromatic rings. The van der Waals surface area contributed by atoms with Crippen LogP contribution in [0.3, 0.4) is 0 Å². The van der Waals surface area contributed by atoms with Crippen molar-refractivity contribution in [2.45, 2.75) is 39.2 Å². The van der Waals surface area contributed by atoms with Crippen LogP contribution in [0.1, 0.15) is 41.3 Å². The minimum Gasteiger partial charge on any atom is -0.385 e. The number of amidine groups is 1. The van der Waals surface area contributed by atoms with Gasteiger partial charge in [-0.1, -0.05) is 19.1 Å². The van der Waals surface area contributed by atoms with Gasteiger partial charge in [0.15, 0.2) is 0 Å². The van der Waals surface area contributed by atoms with Crippen LogP contribution in [0.5, 0.6) is 0 Å². The van der Waals surface area contributed by atoms with E-state index in [1.807, 2.05) is 0 Å². The van der Waals surface area contributed by atoms with E-state index in [0.717, 1.165) is 54.3 Å². The van der Waals surface area contributed by atoms with E-state index in [9.17, 15) is 8.78 Å². The summed E-state index contributed by atoms with van der Waals surface area (Å²) in [5.41, 5.74) is 2.78. The zero-order chi connectivity index (χ0) is 21.7. The molecule has 30 heavy (non-hydrogen) atoms. The summed E-state index contributed by atoms with van der Waals surface area (Å²) in [7, 11) is 1.70. The average Bonchev–Trinajstić information content (AvgIpc) is 3.07. The third-order valence-corrected chi connectivity index (χ3v) is 6.82. The lowest BCUT2D eigenvalue weighted by atomic mass is 10.1. The number of alkyl halides is 2. The second kappa shape index (κ2) is 10.3. The van der Waals surface area contributed by atoms with Crippen molar-refractivity contribution < 1.29 is 13.5 Å². The maximum absolute atomic E-state index is 12.8. The normalized spacial score (nSPS) is 16.9. The van der Waals surface area contributed by atoms with Crippen molar-refractivity contribution in [1.29, 1.82) is 5.41 Å². The van der Waals surface area contributed by atoms with E-state index in [2.05, 4.69) is 29.4 Å². The highest BCUT2D eigenvalue weighted by Gasteiger charge is 2.26. The Morgan fingerprint density at radius 2 is 2.10 bits per heavy atom. The third-order valence-electron chi connectivity index (χ3n) is 5.47. The maximum Gasteiger partial charge on any atom is 0.263 e. The van der Waals surface area contributed by atoms with Crippen LogP contribution in [0.25, 0.3) is 0 Å².